The van der Waals surface area contributed by atoms with Gasteiger partial charge in [0.25, 0.3) is 0 Å². The van der Waals surface area contributed by atoms with Crippen LogP contribution in [0.4, 0.5) is 0 Å². The molecule has 8 nitrogen and oxygen atoms in total. The lowest BCUT2D eigenvalue weighted by atomic mass is 10.00. The first-order valence-electron chi connectivity index (χ1n) is 8.92. The first-order chi connectivity index (χ1) is 12.4. The maximum atomic E-state index is 12.3. The minimum atomic E-state index is -3.30. The molecule has 0 amide bonds. The van der Waals surface area contributed by atoms with Gasteiger partial charge in [0.15, 0.2) is 11.1 Å². The number of nitrogens with zero attached hydrogens (tertiary/aromatic N) is 4. The van der Waals surface area contributed by atoms with E-state index in [9.17, 15) is 8.42 Å². The summed E-state index contributed by atoms with van der Waals surface area (Å²) in [5.74, 6) is 0.333. The zero-order valence-electron chi connectivity index (χ0n) is 15.4. The van der Waals surface area contributed by atoms with Gasteiger partial charge in [0.1, 0.15) is 0 Å². The molecule has 1 aliphatic carbocycles. The van der Waals surface area contributed by atoms with E-state index in [0.717, 1.165) is 24.0 Å². The summed E-state index contributed by atoms with van der Waals surface area (Å²) in [7, 11) is -3.30. The number of nitrogens with one attached hydrogen (secondary N) is 2. The summed E-state index contributed by atoms with van der Waals surface area (Å²) >= 11 is 0. The van der Waals surface area contributed by atoms with Gasteiger partial charge in [-0.2, -0.15) is 5.10 Å². The minimum Gasteiger partial charge on any atom is -0.345 e. The Bertz CT molecular complexity index is 959. The molecule has 0 radical (unpaired) electrons. The van der Waals surface area contributed by atoms with E-state index in [4.69, 9.17) is 0 Å². The minimum absolute atomic E-state index is 0.0865. The monoisotopic (exact) mass is 378 g/mol. The van der Waals surface area contributed by atoms with E-state index in [2.05, 4.69) is 43.1 Å². The Balaban J connectivity index is 2.02. The highest BCUT2D eigenvalue weighted by Crippen LogP contribution is 2.38. The summed E-state index contributed by atoms with van der Waals surface area (Å²) in [5.41, 5.74) is 2.34. The smallest absolute Gasteiger partial charge is 0.214 e. The zero-order chi connectivity index (χ0) is 18.9. The molecule has 0 aliphatic heterocycles. The van der Waals surface area contributed by atoms with E-state index in [1.54, 1.807) is 20.0 Å². The van der Waals surface area contributed by atoms with Crippen LogP contribution in [0.15, 0.2) is 28.7 Å². The molecule has 0 bridgehead atoms. The highest BCUT2D eigenvalue weighted by atomic mass is 32.2. The largest absolute Gasteiger partial charge is 0.345 e. The van der Waals surface area contributed by atoms with Crippen molar-refractivity contribution in [2.24, 2.45) is 16.1 Å². The SMILES string of the molecule is C=N/N=c1/cnc2[nH]ccc2n1C1C[C@@H](NS(=O)(=O)C(C)C)C[C@H]1CC. The van der Waals surface area contributed by atoms with Crippen molar-refractivity contribution < 1.29 is 8.42 Å². The van der Waals surface area contributed by atoms with Crippen LogP contribution in [0.5, 0.6) is 0 Å². The molecule has 1 fully saturated rings. The van der Waals surface area contributed by atoms with Crippen molar-refractivity contribution in [1.29, 1.82) is 0 Å². The summed E-state index contributed by atoms with van der Waals surface area (Å²) in [5, 5.41) is 7.37. The standard InChI is InChI=1S/C17H26N6O2S/c1-5-12-8-13(22-26(24,25)11(2)3)9-15(12)23-14-6-7-19-17(14)20-10-16(23)21-18-4/h6-7,10-13,15,19,22H,4-5,8-9H2,1-3H3/b21-16-/t12-,13+,15?/m1/s1. The van der Waals surface area contributed by atoms with E-state index < -0.39 is 15.3 Å². The molecule has 9 heteroatoms. The lowest BCUT2D eigenvalue weighted by Crippen LogP contribution is -2.38. The fourth-order valence-electron chi connectivity index (χ4n) is 3.78. The highest BCUT2D eigenvalue weighted by molar-refractivity contribution is 7.90. The van der Waals surface area contributed by atoms with Crippen molar-refractivity contribution in [2.75, 3.05) is 0 Å². The molecule has 142 valence electrons. The van der Waals surface area contributed by atoms with Gasteiger partial charge in [0.2, 0.25) is 10.0 Å². The summed E-state index contributed by atoms with van der Waals surface area (Å²) in [6, 6.07) is 1.99. The molecular weight excluding hydrogens is 352 g/mol. The topological polar surface area (TPSA) is 104 Å². The van der Waals surface area contributed by atoms with E-state index in [-0.39, 0.29) is 12.1 Å². The normalized spacial score (nSPS) is 24.6. The Morgan fingerprint density at radius 2 is 2.23 bits per heavy atom. The molecule has 1 aliphatic rings. The van der Waals surface area contributed by atoms with Crippen LogP contribution in [0.1, 0.15) is 46.1 Å². The van der Waals surface area contributed by atoms with Gasteiger partial charge in [-0.05, 0) is 38.7 Å². The van der Waals surface area contributed by atoms with Crippen LogP contribution in [0.25, 0.3) is 11.2 Å². The number of hydrogen-bond donors (Lipinski definition) is 2. The first kappa shape index (κ1) is 18.8. The van der Waals surface area contributed by atoms with Crippen LogP contribution in [0.3, 0.4) is 0 Å². The number of sulfonamides is 1. The quantitative estimate of drug-likeness (QED) is 0.593. The maximum Gasteiger partial charge on any atom is 0.214 e. The fraction of sp³-hybridized carbons (Fsp3) is 0.588. The summed E-state index contributed by atoms with van der Waals surface area (Å²) in [6.45, 7) is 8.98. The molecule has 3 atom stereocenters. The molecule has 3 rings (SSSR count). The molecule has 0 aromatic carbocycles. The molecule has 0 spiro atoms. The predicted molar refractivity (Wildman–Crippen MR) is 102 cm³/mol. The lowest BCUT2D eigenvalue weighted by Gasteiger charge is -2.22. The molecule has 2 heterocycles. The van der Waals surface area contributed by atoms with Crippen LogP contribution >= 0.6 is 0 Å². The molecule has 0 saturated heterocycles. The van der Waals surface area contributed by atoms with Crippen molar-refractivity contribution in [3.63, 3.8) is 0 Å². The summed E-state index contributed by atoms with van der Waals surface area (Å²) < 4.78 is 29.6. The Morgan fingerprint density at radius 1 is 1.46 bits per heavy atom. The second-order valence-electron chi connectivity index (χ2n) is 7.05. The molecule has 1 unspecified atom stereocenters. The van der Waals surface area contributed by atoms with E-state index in [0.29, 0.717) is 17.8 Å². The number of H-pyrrole nitrogens is 1. The van der Waals surface area contributed by atoms with E-state index in [1.165, 1.54) is 0 Å². The second kappa shape index (κ2) is 7.32. The van der Waals surface area contributed by atoms with Crippen molar-refractivity contribution in [3.05, 3.63) is 23.9 Å². The fourth-order valence-corrected chi connectivity index (χ4v) is 4.70. The van der Waals surface area contributed by atoms with Gasteiger partial charge in [-0.15, -0.1) is 5.10 Å². The van der Waals surface area contributed by atoms with E-state index >= 15 is 0 Å². The van der Waals surface area contributed by atoms with Gasteiger partial charge in [-0.3, -0.25) is 0 Å². The molecule has 2 N–H and O–H groups in total. The van der Waals surface area contributed by atoms with Gasteiger partial charge in [-0.25, -0.2) is 18.1 Å². The van der Waals surface area contributed by atoms with Crippen LogP contribution in [0, 0.1) is 5.92 Å². The Morgan fingerprint density at radius 3 is 2.88 bits per heavy atom. The summed E-state index contributed by atoms with van der Waals surface area (Å²) in [6.07, 6.45) is 5.97. The molecule has 2 aromatic rings. The third-order valence-corrected chi connectivity index (χ3v) is 7.06. The lowest BCUT2D eigenvalue weighted by molar-refractivity contribution is 0.367. The molecular formula is C17H26N6O2S. The van der Waals surface area contributed by atoms with Gasteiger partial charge in [0.05, 0.1) is 17.0 Å². The van der Waals surface area contributed by atoms with Crippen molar-refractivity contribution in [1.82, 2.24) is 19.3 Å². The highest BCUT2D eigenvalue weighted by Gasteiger charge is 2.37. The number of rotatable bonds is 6. The number of aromatic amines is 1. The second-order valence-corrected chi connectivity index (χ2v) is 9.32. The van der Waals surface area contributed by atoms with Crippen LogP contribution < -0.4 is 10.2 Å². The number of fused-ring (bicyclic) bond motifs is 1. The average molecular weight is 379 g/mol. The maximum absolute atomic E-state index is 12.3. The zero-order valence-corrected chi connectivity index (χ0v) is 16.2. The van der Waals surface area contributed by atoms with Crippen molar-refractivity contribution in [3.8, 4) is 0 Å². The third-order valence-electron chi connectivity index (χ3n) is 5.16. The molecule has 2 aromatic heterocycles. The Kier molecular flexibility index (Phi) is 5.29. The van der Waals surface area contributed by atoms with Crippen molar-refractivity contribution >= 4 is 27.9 Å². The number of aromatic nitrogens is 3. The molecule has 26 heavy (non-hydrogen) atoms. The van der Waals surface area contributed by atoms with Gasteiger partial charge >= 0.3 is 0 Å². The van der Waals surface area contributed by atoms with Crippen LogP contribution in [-0.2, 0) is 10.0 Å². The van der Waals surface area contributed by atoms with Gasteiger partial charge in [-0.1, -0.05) is 13.3 Å². The van der Waals surface area contributed by atoms with E-state index in [1.807, 2.05) is 12.3 Å². The first-order valence-corrected chi connectivity index (χ1v) is 10.5. The average Bonchev–Trinajstić information content (AvgIpc) is 3.20. The van der Waals surface area contributed by atoms with Crippen LogP contribution in [0.2, 0.25) is 0 Å². The Hall–Kier alpha value is -2.00. The predicted octanol–water partition coefficient (Wildman–Crippen LogP) is 1.94. The van der Waals surface area contributed by atoms with Crippen LogP contribution in [-0.4, -0.2) is 41.0 Å². The summed E-state index contributed by atoms with van der Waals surface area (Å²) in [4.78, 5) is 7.49. The van der Waals surface area contributed by atoms with Crippen molar-refractivity contribution in [2.45, 2.75) is 57.4 Å². The number of hydrogen-bond acceptors (Lipinski definition) is 5. The van der Waals surface area contributed by atoms with Gasteiger partial charge < -0.3 is 9.55 Å². The Labute approximate surface area is 153 Å². The molecule has 1 saturated carbocycles. The third kappa shape index (κ3) is 3.45. The van der Waals surface area contributed by atoms with Gasteiger partial charge in [0, 0.05) is 25.0 Å².